The van der Waals surface area contributed by atoms with Gasteiger partial charge in [0.2, 0.25) is 11.8 Å². The van der Waals surface area contributed by atoms with E-state index in [-0.39, 0.29) is 17.7 Å². The maximum absolute atomic E-state index is 11.9. The van der Waals surface area contributed by atoms with Gasteiger partial charge < -0.3 is 15.3 Å². The Morgan fingerprint density at radius 2 is 1.85 bits per heavy atom. The highest BCUT2D eigenvalue weighted by Gasteiger charge is 2.45. The summed E-state index contributed by atoms with van der Waals surface area (Å²) in [4.78, 5) is 25.2. The summed E-state index contributed by atoms with van der Waals surface area (Å²) in [7, 11) is 0. The van der Waals surface area contributed by atoms with Crippen LogP contribution in [0.15, 0.2) is 0 Å². The lowest BCUT2D eigenvalue weighted by Gasteiger charge is -2.49. The maximum Gasteiger partial charge on any atom is 0.225 e. The van der Waals surface area contributed by atoms with E-state index < -0.39 is 11.0 Å². The lowest BCUT2D eigenvalue weighted by molar-refractivity contribution is -0.163. The molecule has 0 saturated carbocycles. The minimum Gasteiger partial charge on any atom is -0.386 e. The van der Waals surface area contributed by atoms with Crippen LogP contribution in [-0.4, -0.2) is 47.1 Å². The van der Waals surface area contributed by atoms with Crippen molar-refractivity contribution in [2.75, 3.05) is 19.6 Å². The number of carbonyl (C=O) groups is 2. The molecular formula is C15H28N2O3. The third kappa shape index (κ3) is 4.20. The Balaban J connectivity index is 2.19. The number of β-amino-alcohol motifs (C(OH)–C–C–N with tert-alkyl or cyclic N) is 1. The molecule has 1 aliphatic rings. The average molecular weight is 284 g/mol. The minimum atomic E-state index is -0.712. The van der Waals surface area contributed by atoms with E-state index in [4.69, 9.17) is 0 Å². The Morgan fingerprint density at radius 3 is 2.30 bits per heavy atom. The molecule has 1 heterocycles. The van der Waals surface area contributed by atoms with E-state index in [0.29, 0.717) is 32.5 Å². The molecule has 0 unspecified atom stereocenters. The van der Waals surface area contributed by atoms with Crippen LogP contribution in [0.4, 0.5) is 0 Å². The highest BCUT2D eigenvalue weighted by Crippen LogP contribution is 2.28. The fourth-order valence-corrected chi connectivity index (χ4v) is 2.02. The number of hydrogen-bond acceptors (Lipinski definition) is 3. The Hall–Kier alpha value is -1.10. The van der Waals surface area contributed by atoms with Crippen LogP contribution in [0.3, 0.4) is 0 Å². The van der Waals surface area contributed by atoms with Crippen molar-refractivity contribution in [1.29, 1.82) is 0 Å². The molecule has 2 amide bonds. The van der Waals surface area contributed by atoms with Crippen molar-refractivity contribution < 1.29 is 14.7 Å². The predicted molar refractivity (Wildman–Crippen MR) is 78.1 cm³/mol. The Labute approximate surface area is 121 Å². The summed E-state index contributed by atoms with van der Waals surface area (Å²) in [6.07, 6.45) is 1.05. The number of aliphatic hydroxyl groups is 1. The fourth-order valence-electron chi connectivity index (χ4n) is 2.02. The van der Waals surface area contributed by atoms with Crippen molar-refractivity contribution >= 4 is 11.8 Å². The van der Waals surface area contributed by atoms with Crippen LogP contribution >= 0.6 is 0 Å². The normalized spacial score (nSPS) is 17.9. The maximum atomic E-state index is 11.9. The van der Waals surface area contributed by atoms with Gasteiger partial charge in [-0.3, -0.25) is 9.59 Å². The van der Waals surface area contributed by atoms with Gasteiger partial charge in [-0.25, -0.2) is 0 Å². The van der Waals surface area contributed by atoms with Crippen LogP contribution in [0.25, 0.3) is 0 Å². The summed E-state index contributed by atoms with van der Waals surface area (Å²) in [5.41, 5.74) is -1.11. The smallest absolute Gasteiger partial charge is 0.225 e. The van der Waals surface area contributed by atoms with Gasteiger partial charge in [0.1, 0.15) is 5.60 Å². The fraction of sp³-hybridized carbons (Fsp3) is 0.867. The van der Waals surface area contributed by atoms with E-state index >= 15 is 0 Å². The number of nitrogens with zero attached hydrogens (tertiary/aromatic N) is 1. The van der Waals surface area contributed by atoms with Crippen molar-refractivity contribution in [2.45, 2.75) is 53.1 Å². The van der Waals surface area contributed by atoms with Crippen molar-refractivity contribution in [3.05, 3.63) is 0 Å². The average Bonchev–Trinajstić information content (AvgIpc) is 2.28. The third-order valence-corrected chi connectivity index (χ3v) is 3.89. The van der Waals surface area contributed by atoms with Crippen LogP contribution in [0, 0.1) is 11.3 Å². The van der Waals surface area contributed by atoms with Crippen LogP contribution in [-0.2, 0) is 9.59 Å². The molecule has 0 aromatic heterocycles. The first kappa shape index (κ1) is 17.0. The molecule has 116 valence electrons. The SMILES string of the molecule is CC(C)C1(O)CN(C(=O)CCCNC(=O)C(C)(C)C)C1. The van der Waals surface area contributed by atoms with Crippen LogP contribution in [0.1, 0.15) is 47.5 Å². The first-order valence-electron chi connectivity index (χ1n) is 7.35. The van der Waals surface area contributed by atoms with Crippen LogP contribution in [0.2, 0.25) is 0 Å². The van der Waals surface area contributed by atoms with Gasteiger partial charge in [-0.15, -0.1) is 0 Å². The summed E-state index contributed by atoms with van der Waals surface area (Å²) in [5.74, 6) is 0.223. The van der Waals surface area contributed by atoms with Gasteiger partial charge in [-0.2, -0.15) is 0 Å². The van der Waals surface area contributed by atoms with Gasteiger partial charge in [-0.1, -0.05) is 34.6 Å². The van der Waals surface area contributed by atoms with Gasteiger partial charge >= 0.3 is 0 Å². The summed E-state index contributed by atoms with van der Waals surface area (Å²) in [6, 6.07) is 0. The molecule has 1 rings (SSSR count). The van der Waals surface area contributed by atoms with E-state index in [1.807, 2.05) is 34.6 Å². The van der Waals surface area contributed by atoms with Crippen molar-refractivity contribution in [3.8, 4) is 0 Å². The second-order valence-electron chi connectivity index (χ2n) is 7.12. The molecule has 0 aromatic carbocycles. The third-order valence-electron chi connectivity index (χ3n) is 3.89. The first-order chi connectivity index (χ1) is 9.06. The zero-order valence-corrected chi connectivity index (χ0v) is 13.3. The molecule has 20 heavy (non-hydrogen) atoms. The zero-order chi connectivity index (χ0) is 15.6. The van der Waals surface area contributed by atoms with Gasteiger partial charge in [0.25, 0.3) is 0 Å². The summed E-state index contributed by atoms with van der Waals surface area (Å²) < 4.78 is 0. The zero-order valence-electron chi connectivity index (χ0n) is 13.3. The highest BCUT2D eigenvalue weighted by atomic mass is 16.3. The summed E-state index contributed by atoms with van der Waals surface area (Å²) in [6.45, 7) is 10.9. The Morgan fingerprint density at radius 1 is 1.30 bits per heavy atom. The molecule has 5 nitrogen and oxygen atoms in total. The molecule has 0 aromatic rings. The topological polar surface area (TPSA) is 69.6 Å². The number of nitrogens with one attached hydrogen (secondary N) is 1. The first-order valence-corrected chi connectivity index (χ1v) is 7.35. The minimum absolute atomic E-state index is 0.00285. The molecular weight excluding hydrogens is 256 g/mol. The molecule has 2 N–H and O–H groups in total. The second kappa shape index (κ2) is 6.12. The Bertz CT molecular complexity index is 366. The van der Waals surface area contributed by atoms with Gasteiger partial charge in [-0.05, 0) is 12.3 Å². The molecule has 1 fully saturated rings. The molecule has 0 radical (unpaired) electrons. The second-order valence-corrected chi connectivity index (χ2v) is 7.12. The summed E-state index contributed by atoms with van der Waals surface area (Å²) >= 11 is 0. The molecule has 0 bridgehead atoms. The molecule has 5 heteroatoms. The van der Waals surface area contributed by atoms with Crippen molar-refractivity contribution in [3.63, 3.8) is 0 Å². The number of rotatable bonds is 5. The van der Waals surface area contributed by atoms with E-state index in [1.165, 1.54) is 0 Å². The van der Waals surface area contributed by atoms with Crippen LogP contribution in [0.5, 0.6) is 0 Å². The molecule has 0 aliphatic carbocycles. The lowest BCUT2D eigenvalue weighted by atomic mass is 9.83. The standard InChI is InChI=1S/C15H28N2O3/c1-11(2)15(20)9-17(10-15)12(18)7-6-8-16-13(19)14(3,4)5/h11,20H,6-10H2,1-5H3,(H,16,19). The number of likely N-dealkylation sites (tertiary alicyclic amines) is 1. The van der Waals surface area contributed by atoms with E-state index in [1.54, 1.807) is 4.90 Å². The van der Waals surface area contributed by atoms with Gasteiger partial charge in [0.05, 0.1) is 13.1 Å². The number of amides is 2. The quantitative estimate of drug-likeness (QED) is 0.744. The molecule has 1 aliphatic heterocycles. The van der Waals surface area contributed by atoms with Gasteiger partial charge in [0.15, 0.2) is 0 Å². The molecule has 0 atom stereocenters. The van der Waals surface area contributed by atoms with Crippen LogP contribution < -0.4 is 5.32 Å². The van der Waals surface area contributed by atoms with E-state index in [9.17, 15) is 14.7 Å². The summed E-state index contributed by atoms with van der Waals surface area (Å²) in [5, 5.41) is 12.9. The van der Waals surface area contributed by atoms with Crippen molar-refractivity contribution in [1.82, 2.24) is 10.2 Å². The number of carbonyl (C=O) groups excluding carboxylic acids is 2. The van der Waals surface area contributed by atoms with Crippen molar-refractivity contribution in [2.24, 2.45) is 11.3 Å². The van der Waals surface area contributed by atoms with E-state index in [0.717, 1.165) is 0 Å². The number of hydrogen-bond donors (Lipinski definition) is 2. The Kier molecular flexibility index (Phi) is 5.19. The highest BCUT2D eigenvalue weighted by molar-refractivity contribution is 5.81. The molecule has 1 saturated heterocycles. The molecule has 0 spiro atoms. The predicted octanol–water partition coefficient (Wildman–Crippen LogP) is 1.16. The van der Waals surface area contributed by atoms with Gasteiger partial charge in [0, 0.05) is 18.4 Å². The lowest BCUT2D eigenvalue weighted by Crippen LogP contribution is -2.65. The monoisotopic (exact) mass is 284 g/mol. The van der Waals surface area contributed by atoms with E-state index in [2.05, 4.69) is 5.32 Å². The largest absolute Gasteiger partial charge is 0.386 e.